The summed E-state index contributed by atoms with van der Waals surface area (Å²) in [5.41, 5.74) is 3.10. The van der Waals surface area contributed by atoms with Crippen molar-refractivity contribution in [2.45, 2.75) is 23.5 Å². The number of hydrogen-bond acceptors (Lipinski definition) is 4. The van der Waals surface area contributed by atoms with Crippen LogP contribution in [0.2, 0.25) is 0 Å². The van der Waals surface area contributed by atoms with E-state index in [4.69, 9.17) is 5.26 Å². The Morgan fingerprint density at radius 2 is 1.95 bits per heavy atom. The number of sulfonamides is 1. The van der Waals surface area contributed by atoms with Gasteiger partial charge in [-0.05, 0) is 54.7 Å². The van der Waals surface area contributed by atoms with Gasteiger partial charge in [-0.15, -0.1) is 11.3 Å². The zero-order valence-corrected chi connectivity index (χ0v) is 12.2. The molecule has 1 aromatic heterocycles. The summed E-state index contributed by atoms with van der Waals surface area (Å²) in [4.78, 5) is 0.388. The number of fused-ring (bicyclic) bond motifs is 1. The summed E-state index contributed by atoms with van der Waals surface area (Å²) >= 11 is 0.973. The molecule has 0 atom stereocenters. The van der Waals surface area contributed by atoms with Crippen molar-refractivity contribution in [2.24, 2.45) is 0 Å². The maximum Gasteiger partial charge on any atom is 0.271 e. The van der Waals surface area contributed by atoms with E-state index in [9.17, 15) is 8.42 Å². The first-order chi connectivity index (χ1) is 9.58. The summed E-state index contributed by atoms with van der Waals surface area (Å²) in [5.74, 6) is 0. The third-order valence-electron chi connectivity index (χ3n) is 3.31. The second-order valence-electron chi connectivity index (χ2n) is 4.67. The van der Waals surface area contributed by atoms with E-state index in [1.54, 1.807) is 6.07 Å². The molecule has 1 aliphatic carbocycles. The lowest BCUT2D eigenvalue weighted by molar-refractivity contribution is 0.603. The number of nitrogens with one attached hydrogen (secondary N) is 1. The summed E-state index contributed by atoms with van der Waals surface area (Å²) < 4.78 is 27.2. The minimum atomic E-state index is -3.60. The van der Waals surface area contributed by atoms with E-state index >= 15 is 0 Å². The first kappa shape index (κ1) is 13.2. The SMILES string of the molecule is N#Cc1ccc(S(=O)(=O)Nc2ccc3c(c2)CCC3)s1. The van der Waals surface area contributed by atoms with E-state index in [2.05, 4.69) is 4.72 Å². The highest BCUT2D eigenvalue weighted by molar-refractivity contribution is 7.94. The minimum absolute atomic E-state index is 0.162. The maximum atomic E-state index is 12.2. The zero-order chi connectivity index (χ0) is 14.2. The first-order valence-electron chi connectivity index (χ1n) is 6.23. The highest BCUT2D eigenvalue weighted by Crippen LogP contribution is 2.27. The fraction of sp³-hybridized carbons (Fsp3) is 0.214. The van der Waals surface area contributed by atoms with Gasteiger partial charge in [-0.3, -0.25) is 4.72 Å². The number of aryl methyl sites for hydroxylation is 2. The zero-order valence-electron chi connectivity index (χ0n) is 10.6. The Balaban J connectivity index is 1.88. The third kappa shape index (κ3) is 2.42. The molecule has 3 rings (SSSR count). The third-order valence-corrected chi connectivity index (χ3v) is 6.17. The van der Waals surface area contributed by atoms with Crippen molar-refractivity contribution >= 4 is 27.0 Å². The van der Waals surface area contributed by atoms with Gasteiger partial charge in [0.25, 0.3) is 10.0 Å². The molecule has 0 bridgehead atoms. The summed E-state index contributed by atoms with van der Waals surface area (Å²) in [5, 5.41) is 8.76. The van der Waals surface area contributed by atoms with Crippen LogP contribution in [0.15, 0.2) is 34.5 Å². The molecule has 0 saturated carbocycles. The van der Waals surface area contributed by atoms with E-state index in [1.807, 2.05) is 18.2 Å². The fourth-order valence-electron chi connectivity index (χ4n) is 2.37. The van der Waals surface area contributed by atoms with Gasteiger partial charge in [0.05, 0.1) is 0 Å². The lowest BCUT2D eigenvalue weighted by Crippen LogP contribution is -2.11. The van der Waals surface area contributed by atoms with E-state index < -0.39 is 10.0 Å². The summed E-state index contributed by atoms with van der Waals surface area (Å²) in [7, 11) is -3.60. The van der Waals surface area contributed by atoms with Crippen LogP contribution in [0.3, 0.4) is 0 Å². The van der Waals surface area contributed by atoms with Gasteiger partial charge in [0.2, 0.25) is 0 Å². The molecule has 1 aromatic carbocycles. The van der Waals surface area contributed by atoms with E-state index in [0.717, 1.165) is 30.6 Å². The van der Waals surface area contributed by atoms with Crippen molar-refractivity contribution in [2.75, 3.05) is 4.72 Å². The average Bonchev–Trinajstić information content (AvgIpc) is 3.06. The molecule has 0 saturated heterocycles. The van der Waals surface area contributed by atoms with Gasteiger partial charge in [0.15, 0.2) is 0 Å². The number of rotatable bonds is 3. The lowest BCUT2D eigenvalue weighted by Gasteiger charge is -2.08. The number of nitriles is 1. The normalized spacial score (nSPS) is 13.8. The van der Waals surface area contributed by atoms with Crippen LogP contribution in [0.25, 0.3) is 0 Å². The van der Waals surface area contributed by atoms with Crippen molar-refractivity contribution in [1.29, 1.82) is 5.26 Å². The smallest absolute Gasteiger partial charge is 0.271 e. The molecule has 0 radical (unpaired) electrons. The second-order valence-corrected chi connectivity index (χ2v) is 7.67. The molecule has 0 unspecified atom stereocenters. The number of benzene rings is 1. The van der Waals surface area contributed by atoms with Crippen LogP contribution in [-0.2, 0) is 22.9 Å². The number of hydrogen-bond donors (Lipinski definition) is 1. The van der Waals surface area contributed by atoms with Crippen molar-refractivity contribution in [1.82, 2.24) is 0 Å². The van der Waals surface area contributed by atoms with E-state index in [1.165, 1.54) is 23.3 Å². The number of nitrogens with zero attached hydrogens (tertiary/aromatic N) is 1. The van der Waals surface area contributed by atoms with E-state index in [-0.39, 0.29) is 4.21 Å². The molecule has 20 heavy (non-hydrogen) atoms. The average molecular weight is 304 g/mol. The standard InChI is InChI=1S/C14H12N2O2S2/c15-9-13-6-7-14(19-13)20(17,18)16-12-5-4-10-2-1-3-11(10)8-12/h4-8,16H,1-3H2. The summed E-state index contributed by atoms with van der Waals surface area (Å²) in [6.45, 7) is 0. The minimum Gasteiger partial charge on any atom is -0.279 e. The highest BCUT2D eigenvalue weighted by Gasteiger charge is 2.18. The highest BCUT2D eigenvalue weighted by atomic mass is 32.2. The molecule has 0 spiro atoms. The van der Waals surface area contributed by atoms with E-state index in [0.29, 0.717) is 10.6 Å². The van der Waals surface area contributed by atoms with Crippen LogP contribution in [-0.4, -0.2) is 8.42 Å². The molecule has 102 valence electrons. The monoisotopic (exact) mass is 304 g/mol. The van der Waals surface area contributed by atoms with Gasteiger partial charge in [-0.25, -0.2) is 8.42 Å². The van der Waals surface area contributed by atoms with Gasteiger partial charge in [-0.1, -0.05) is 6.07 Å². The van der Waals surface area contributed by atoms with Gasteiger partial charge in [-0.2, -0.15) is 5.26 Å². The largest absolute Gasteiger partial charge is 0.279 e. The molecule has 2 aromatic rings. The van der Waals surface area contributed by atoms with Crippen LogP contribution in [0.5, 0.6) is 0 Å². The molecule has 0 aliphatic heterocycles. The molecule has 4 nitrogen and oxygen atoms in total. The van der Waals surface area contributed by atoms with Crippen LogP contribution in [0.4, 0.5) is 5.69 Å². The van der Waals surface area contributed by atoms with Crippen molar-refractivity contribution < 1.29 is 8.42 Å². The Hall–Kier alpha value is -1.84. The Morgan fingerprint density at radius 1 is 1.15 bits per heavy atom. The Bertz CT molecular complexity index is 801. The van der Waals surface area contributed by atoms with Crippen molar-refractivity contribution in [3.05, 3.63) is 46.3 Å². The van der Waals surface area contributed by atoms with Gasteiger partial charge in [0, 0.05) is 5.69 Å². The molecule has 6 heteroatoms. The number of thiophene rings is 1. The topological polar surface area (TPSA) is 70.0 Å². The van der Waals surface area contributed by atoms with Crippen LogP contribution >= 0.6 is 11.3 Å². The molecule has 1 aliphatic rings. The molecular weight excluding hydrogens is 292 g/mol. The molecular formula is C14H12N2O2S2. The molecule has 0 fully saturated rings. The molecule has 1 N–H and O–H groups in total. The van der Waals surface area contributed by atoms with Gasteiger partial charge in [0.1, 0.15) is 15.2 Å². The van der Waals surface area contributed by atoms with Gasteiger partial charge < -0.3 is 0 Å². The first-order valence-corrected chi connectivity index (χ1v) is 8.53. The predicted molar refractivity (Wildman–Crippen MR) is 78.3 cm³/mol. The second kappa shape index (κ2) is 4.93. The molecule has 1 heterocycles. The van der Waals surface area contributed by atoms with Crippen LogP contribution in [0.1, 0.15) is 22.4 Å². The summed E-state index contributed by atoms with van der Waals surface area (Å²) in [6, 6.07) is 10.6. The molecule has 0 amide bonds. The van der Waals surface area contributed by atoms with Crippen LogP contribution in [0, 0.1) is 11.3 Å². The quantitative estimate of drug-likeness (QED) is 0.948. The summed E-state index contributed by atoms with van der Waals surface area (Å²) in [6.07, 6.45) is 3.20. The van der Waals surface area contributed by atoms with Crippen molar-refractivity contribution in [3.8, 4) is 6.07 Å². The Labute approximate surface area is 121 Å². The van der Waals surface area contributed by atoms with Crippen molar-refractivity contribution in [3.63, 3.8) is 0 Å². The van der Waals surface area contributed by atoms with Gasteiger partial charge >= 0.3 is 0 Å². The Kier molecular flexibility index (Phi) is 3.24. The lowest BCUT2D eigenvalue weighted by atomic mass is 10.1. The maximum absolute atomic E-state index is 12.2. The predicted octanol–water partition coefficient (Wildman–Crippen LogP) is 2.91. The number of anilines is 1. The van der Waals surface area contributed by atoms with Crippen LogP contribution < -0.4 is 4.72 Å². The fourth-order valence-corrected chi connectivity index (χ4v) is 4.52. The Morgan fingerprint density at radius 3 is 2.70 bits per heavy atom.